The summed E-state index contributed by atoms with van der Waals surface area (Å²) in [4.78, 5) is 2.32. The molecular weight excluding hydrogens is 260 g/mol. The van der Waals surface area contributed by atoms with Crippen molar-refractivity contribution in [3.63, 3.8) is 0 Å². The topological polar surface area (TPSA) is 34.0 Å². The Morgan fingerprint density at radius 2 is 2.05 bits per heavy atom. The molecule has 0 aliphatic carbocycles. The third-order valence-electron chi connectivity index (χ3n) is 3.05. The number of hydrogen-bond acceptors (Lipinski definition) is 3. The van der Waals surface area contributed by atoms with E-state index in [-0.39, 0.29) is 0 Å². The zero-order chi connectivity index (χ0) is 13.5. The highest BCUT2D eigenvalue weighted by Crippen LogP contribution is 2.05. The monoisotopic (exact) mass is 278 g/mol. The normalized spacial score (nSPS) is 11.1. The van der Waals surface area contributed by atoms with Crippen molar-refractivity contribution in [3.05, 3.63) is 48.0 Å². The van der Waals surface area contributed by atoms with Gasteiger partial charge in [-0.15, -0.1) is 21.8 Å². The third-order valence-corrected chi connectivity index (χ3v) is 3.29. The minimum absolute atomic E-state index is 0.417. The average Bonchev–Trinajstić information content (AvgIpc) is 2.87. The Morgan fingerprint density at radius 1 is 1.26 bits per heavy atom. The predicted molar refractivity (Wildman–Crippen MR) is 77.0 cm³/mol. The summed E-state index contributed by atoms with van der Waals surface area (Å²) in [6, 6.07) is 10.5. The molecule has 4 nitrogen and oxygen atoms in total. The van der Waals surface area contributed by atoms with Gasteiger partial charge in [0.25, 0.3) is 0 Å². The number of benzene rings is 1. The Balaban J connectivity index is 1.74. The molecule has 0 bridgehead atoms. The lowest BCUT2D eigenvalue weighted by molar-refractivity contribution is 0.313. The molecule has 0 N–H and O–H groups in total. The van der Waals surface area contributed by atoms with Crippen molar-refractivity contribution >= 4 is 11.6 Å². The maximum absolute atomic E-state index is 5.79. The lowest BCUT2D eigenvalue weighted by atomic mass is 10.2. The first kappa shape index (κ1) is 14.0. The first-order chi connectivity index (χ1) is 9.29. The van der Waals surface area contributed by atoms with Crippen LogP contribution in [0.25, 0.3) is 0 Å². The van der Waals surface area contributed by atoms with Crippen LogP contribution in [0.3, 0.4) is 0 Å². The second-order valence-corrected chi connectivity index (χ2v) is 4.92. The van der Waals surface area contributed by atoms with E-state index in [1.165, 1.54) is 5.56 Å². The van der Waals surface area contributed by atoms with Crippen molar-refractivity contribution in [3.8, 4) is 0 Å². The van der Waals surface area contributed by atoms with Crippen molar-refractivity contribution in [1.29, 1.82) is 0 Å². The van der Waals surface area contributed by atoms with Crippen molar-refractivity contribution in [2.75, 3.05) is 13.6 Å². The molecule has 1 aromatic carbocycles. The quantitative estimate of drug-likeness (QED) is 0.730. The van der Waals surface area contributed by atoms with Crippen LogP contribution in [0.15, 0.2) is 36.7 Å². The van der Waals surface area contributed by atoms with Crippen molar-refractivity contribution < 1.29 is 0 Å². The van der Waals surface area contributed by atoms with Gasteiger partial charge in [-0.3, -0.25) is 0 Å². The molecule has 0 aliphatic heterocycles. The zero-order valence-corrected chi connectivity index (χ0v) is 11.9. The average molecular weight is 279 g/mol. The number of halogens is 1. The lowest BCUT2D eigenvalue weighted by Gasteiger charge is -2.16. The fourth-order valence-electron chi connectivity index (χ4n) is 2.05. The van der Waals surface area contributed by atoms with Crippen LogP contribution in [-0.4, -0.2) is 33.3 Å². The lowest BCUT2D eigenvalue weighted by Crippen LogP contribution is -2.20. The van der Waals surface area contributed by atoms with Gasteiger partial charge in [0, 0.05) is 13.1 Å². The van der Waals surface area contributed by atoms with Gasteiger partial charge in [0.2, 0.25) is 0 Å². The third kappa shape index (κ3) is 4.33. The highest BCUT2D eigenvalue weighted by atomic mass is 35.5. The maximum atomic E-state index is 5.79. The van der Waals surface area contributed by atoms with Crippen LogP contribution in [0.1, 0.15) is 17.8 Å². The summed E-state index contributed by atoms with van der Waals surface area (Å²) in [5.74, 6) is 1.26. The summed E-state index contributed by atoms with van der Waals surface area (Å²) in [5, 5.41) is 7.84. The maximum Gasteiger partial charge on any atom is 0.147 e. The van der Waals surface area contributed by atoms with Crippen molar-refractivity contribution in [1.82, 2.24) is 19.7 Å². The second-order valence-electron chi connectivity index (χ2n) is 4.65. The number of alkyl halides is 1. The molecular formula is C14H19ClN4. The highest BCUT2D eigenvalue weighted by Gasteiger charge is 2.03. The molecule has 19 heavy (non-hydrogen) atoms. The van der Waals surface area contributed by atoms with Gasteiger partial charge < -0.3 is 9.47 Å². The molecule has 0 unspecified atom stereocenters. The molecule has 102 valence electrons. The summed E-state index contributed by atoms with van der Waals surface area (Å²) in [5.41, 5.74) is 1.34. The molecule has 0 amide bonds. The molecule has 5 heteroatoms. The first-order valence-electron chi connectivity index (χ1n) is 6.44. The van der Waals surface area contributed by atoms with E-state index in [2.05, 4.69) is 46.4 Å². The Hall–Kier alpha value is -1.39. The molecule has 0 fully saturated rings. The predicted octanol–water partition coefficient (Wildman–Crippen LogP) is 2.54. The summed E-state index contributed by atoms with van der Waals surface area (Å²) < 4.78 is 2.02. The molecule has 0 spiro atoms. The summed E-state index contributed by atoms with van der Waals surface area (Å²) in [7, 11) is 2.14. The summed E-state index contributed by atoms with van der Waals surface area (Å²) in [6.07, 6.45) is 2.81. The largest absolute Gasteiger partial charge is 0.317 e. The van der Waals surface area contributed by atoms with E-state index in [0.717, 1.165) is 31.9 Å². The van der Waals surface area contributed by atoms with E-state index >= 15 is 0 Å². The van der Waals surface area contributed by atoms with Crippen molar-refractivity contribution in [2.24, 2.45) is 0 Å². The molecule has 0 saturated heterocycles. The van der Waals surface area contributed by atoms with Crippen LogP contribution in [0.2, 0.25) is 0 Å². The van der Waals surface area contributed by atoms with E-state index < -0.39 is 0 Å². The van der Waals surface area contributed by atoms with E-state index in [1.807, 2.05) is 10.6 Å². The molecule has 2 aromatic rings. The van der Waals surface area contributed by atoms with Gasteiger partial charge in [-0.1, -0.05) is 30.3 Å². The van der Waals surface area contributed by atoms with E-state index in [1.54, 1.807) is 6.33 Å². The molecule has 2 rings (SSSR count). The van der Waals surface area contributed by atoms with Gasteiger partial charge in [-0.25, -0.2) is 0 Å². The van der Waals surface area contributed by atoms with Gasteiger partial charge in [-0.2, -0.15) is 0 Å². The summed E-state index contributed by atoms with van der Waals surface area (Å²) in [6.45, 7) is 2.92. The molecule has 1 aromatic heterocycles. The minimum Gasteiger partial charge on any atom is -0.317 e. The molecule has 0 radical (unpaired) electrons. The van der Waals surface area contributed by atoms with Crippen LogP contribution in [0, 0.1) is 0 Å². The second kappa shape index (κ2) is 7.26. The van der Waals surface area contributed by atoms with Crippen molar-refractivity contribution in [2.45, 2.75) is 25.4 Å². The number of rotatable bonds is 7. The smallest absolute Gasteiger partial charge is 0.147 e. The number of hydrogen-bond donors (Lipinski definition) is 0. The van der Waals surface area contributed by atoms with Crippen LogP contribution >= 0.6 is 11.6 Å². The summed E-state index contributed by atoms with van der Waals surface area (Å²) >= 11 is 5.79. The number of aryl methyl sites for hydroxylation is 1. The molecule has 1 heterocycles. The van der Waals surface area contributed by atoms with Gasteiger partial charge in [0.05, 0.1) is 5.88 Å². The van der Waals surface area contributed by atoms with E-state index in [0.29, 0.717) is 5.88 Å². The number of nitrogens with zero attached hydrogens (tertiary/aromatic N) is 4. The van der Waals surface area contributed by atoms with Gasteiger partial charge >= 0.3 is 0 Å². The van der Waals surface area contributed by atoms with Gasteiger partial charge in [-0.05, 0) is 25.6 Å². The SMILES string of the molecule is CN(CCCn1cnnc1CCl)Cc1ccccc1. The molecule has 0 atom stereocenters. The fraction of sp³-hybridized carbons (Fsp3) is 0.429. The van der Waals surface area contributed by atoms with Crippen LogP contribution < -0.4 is 0 Å². The van der Waals surface area contributed by atoms with Crippen LogP contribution in [0.4, 0.5) is 0 Å². The molecule has 0 saturated carbocycles. The van der Waals surface area contributed by atoms with E-state index in [4.69, 9.17) is 11.6 Å². The van der Waals surface area contributed by atoms with Crippen LogP contribution in [0.5, 0.6) is 0 Å². The van der Waals surface area contributed by atoms with Crippen LogP contribution in [-0.2, 0) is 19.0 Å². The standard InChI is InChI=1S/C14H19ClN4/c1-18(11-13-6-3-2-4-7-13)8-5-9-19-12-16-17-14(19)10-15/h2-4,6-7,12H,5,8-11H2,1H3. The minimum atomic E-state index is 0.417. The zero-order valence-electron chi connectivity index (χ0n) is 11.2. The number of aromatic nitrogens is 3. The Labute approximate surface area is 119 Å². The van der Waals surface area contributed by atoms with E-state index in [9.17, 15) is 0 Å². The Bertz CT molecular complexity index is 483. The van der Waals surface area contributed by atoms with Gasteiger partial charge in [0.15, 0.2) is 0 Å². The Kier molecular flexibility index (Phi) is 5.36. The first-order valence-corrected chi connectivity index (χ1v) is 6.98. The molecule has 0 aliphatic rings. The fourth-order valence-corrected chi connectivity index (χ4v) is 2.26. The Morgan fingerprint density at radius 3 is 2.79 bits per heavy atom. The van der Waals surface area contributed by atoms with Gasteiger partial charge in [0.1, 0.15) is 12.2 Å². The highest BCUT2D eigenvalue weighted by molar-refractivity contribution is 6.16.